The number of carboxylic acids is 1. The summed E-state index contributed by atoms with van der Waals surface area (Å²) in [4.78, 5) is 10.8. The molecule has 2 aromatic rings. The Balaban J connectivity index is 2.47. The van der Waals surface area contributed by atoms with Crippen molar-refractivity contribution in [3.8, 4) is 16.9 Å². The highest BCUT2D eigenvalue weighted by Crippen LogP contribution is 2.27. The summed E-state index contributed by atoms with van der Waals surface area (Å²) in [6, 6.07) is 12.6. The number of methoxy groups -OCH3 is 1. The van der Waals surface area contributed by atoms with E-state index in [-0.39, 0.29) is 5.56 Å². The van der Waals surface area contributed by atoms with Crippen molar-refractivity contribution in [2.45, 2.75) is 6.92 Å². The first kappa shape index (κ1) is 12.2. The summed E-state index contributed by atoms with van der Waals surface area (Å²) in [6.07, 6.45) is 0. The number of carbonyl (C=O) groups excluding carboxylic acids is 1. The van der Waals surface area contributed by atoms with Gasteiger partial charge in [0.25, 0.3) is 0 Å². The largest absolute Gasteiger partial charge is 0.545 e. The molecule has 0 bridgehead atoms. The van der Waals surface area contributed by atoms with E-state index in [0.717, 1.165) is 22.4 Å². The lowest BCUT2D eigenvalue weighted by Crippen LogP contribution is -2.22. The van der Waals surface area contributed by atoms with E-state index in [1.807, 2.05) is 31.2 Å². The molecule has 0 unspecified atom stereocenters. The van der Waals surface area contributed by atoms with Crippen LogP contribution in [0.5, 0.6) is 5.75 Å². The molecule has 0 radical (unpaired) electrons. The Morgan fingerprint density at radius 2 is 1.94 bits per heavy atom. The van der Waals surface area contributed by atoms with Crippen molar-refractivity contribution in [3.63, 3.8) is 0 Å². The second kappa shape index (κ2) is 4.92. The SMILES string of the molecule is COc1cccc(-c2ccc(C(=O)[O-])cc2C)c1. The van der Waals surface area contributed by atoms with Crippen molar-refractivity contribution in [2.24, 2.45) is 0 Å². The molecule has 0 heterocycles. The van der Waals surface area contributed by atoms with Gasteiger partial charge in [0.1, 0.15) is 5.75 Å². The molecule has 0 fully saturated rings. The molecular weight excluding hydrogens is 228 g/mol. The molecule has 0 N–H and O–H groups in total. The topological polar surface area (TPSA) is 49.4 Å². The second-order valence-electron chi connectivity index (χ2n) is 4.05. The molecular formula is C15H13O3-. The fourth-order valence-corrected chi connectivity index (χ4v) is 1.91. The summed E-state index contributed by atoms with van der Waals surface area (Å²) >= 11 is 0. The molecule has 2 aromatic carbocycles. The van der Waals surface area contributed by atoms with Crippen molar-refractivity contribution in [1.29, 1.82) is 0 Å². The summed E-state index contributed by atoms with van der Waals surface area (Å²) < 4.78 is 5.17. The predicted octanol–water partition coefficient (Wildman–Crippen LogP) is 2.03. The lowest BCUT2D eigenvalue weighted by atomic mass is 9.98. The molecule has 0 saturated carbocycles. The first-order chi connectivity index (χ1) is 8.61. The smallest absolute Gasteiger partial charge is 0.119 e. The normalized spacial score (nSPS) is 10.1. The Morgan fingerprint density at radius 1 is 1.17 bits per heavy atom. The average molecular weight is 241 g/mol. The van der Waals surface area contributed by atoms with Crippen LogP contribution in [0.3, 0.4) is 0 Å². The molecule has 0 aliphatic carbocycles. The number of carbonyl (C=O) groups is 1. The van der Waals surface area contributed by atoms with Crippen molar-refractivity contribution in [2.75, 3.05) is 7.11 Å². The van der Waals surface area contributed by atoms with E-state index >= 15 is 0 Å². The summed E-state index contributed by atoms with van der Waals surface area (Å²) in [5.41, 5.74) is 3.07. The first-order valence-corrected chi connectivity index (χ1v) is 5.58. The highest BCUT2D eigenvalue weighted by atomic mass is 16.5. The van der Waals surface area contributed by atoms with Gasteiger partial charge in [0.05, 0.1) is 13.1 Å². The second-order valence-corrected chi connectivity index (χ2v) is 4.05. The highest BCUT2D eigenvalue weighted by molar-refractivity contribution is 5.87. The van der Waals surface area contributed by atoms with Crippen LogP contribution >= 0.6 is 0 Å². The van der Waals surface area contributed by atoms with Gasteiger partial charge in [-0.2, -0.15) is 0 Å². The molecule has 92 valence electrons. The van der Waals surface area contributed by atoms with Crippen LogP contribution in [0.15, 0.2) is 42.5 Å². The molecule has 0 aromatic heterocycles. The van der Waals surface area contributed by atoms with Gasteiger partial charge in [-0.15, -0.1) is 0 Å². The maximum absolute atomic E-state index is 10.8. The predicted molar refractivity (Wildman–Crippen MR) is 67.5 cm³/mol. The molecule has 18 heavy (non-hydrogen) atoms. The zero-order valence-corrected chi connectivity index (χ0v) is 10.3. The van der Waals surface area contributed by atoms with Crippen LogP contribution in [0, 0.1) is 6.92 Å². The van der Waals surface area contributed by atoms with Gasteiger partial charge in [-0.25, -0.2) is 0 Å². The number of hydrogen-bond donors (Lipinski definition) is 0. The fourth-order valence-electron chi connectivity index (χ4n) is 1.91. The van der Waals surface area contributed by atoms with E-state index in [4.69, 9.17) is 4.74 Å². The Morgan fingerprint density at radius 3 is 2.56 bits per heavy atom. The summed E-state index contributed by atoms with van der Waals surface area (Å²) in [5, 5.41) is 10.8. The standard InChI is InChI=1S/C15H14O3/c1-10-8-12(15(16)17)6-7-14(10)11-4-3-5-13(9-11)18-2/h3-9H,1-2H3,(H,16,17)/p-1. The average Bonchev–Trinajstić information content (AvgIpc) is 2.38. The van der Waals surface area contributed by atoms with Gasteiger partial charge in [-0.3, -0.25) is 0 Å². The number of benzene rings is 2. The molecule has 3 heteroatoms. The first-order valence-electron chi connectivity index (χ1n) is 5.58. The number of hydrogen-bond acceptors (Lipinski definition) is 3. The van der Waals surface area contributed by atoms with Crippen LogP contribution in [0.25, 0.3) is 11.1 Å². The van der Waals surface area contributed by atoms with Crippen LogP contribution in [-0.2, 0) is 0 Å². The molecule has 3 nitrogen and oxygen atoms in total. The lowest BCUT2D eigenvalue weighted by Gasteiger charge is -2.10. The van der Waals surface area contributed by atoms with Gasteiger partial charge in [-0.05, 0) is 47.4 Å². The van der Waals surface area contributed by atoms with Crippen LogP contribution < -0.4 is 9.84 Å². The minimum absolute atomic E-state index is 0.194. The van der Waals surface area contributed by atoms with Crippen LogP contribution in [-0.4, -0.2) is 13.1 Å². The lowest BCUT2D eigenvalue weighted by molar-refractivity contribution is -0.255. The number of aryl methyl sites for hydroxylation is 1. The molecule has 0 spiro atoms. The maximum atomic E-state index is 10.8. The van der Waals surface area contributed by atoms with E-state index in [1.54, 1.807) is 25.3 Å². The summed E-state index contributed by atoms with van der Waals surface area (Å²) in [7, 11) is 1.62. The Bertz CT molecular complexity index is 588. The zero-order chi connectivity index (χ0) is 13.1. The van der Waals surface area contributed by atoms with Crippen molar-refractivity contribution in [3.05, 3.63) is 53.6 Å². The Kier molecular flexibility index (Phi) is 3.33. The molecule has 0 aliphatic heterocycles. The Labute approximate surface area is 106 Å². The Hall–Kier alpha value is -2.29. The van der Waals surface area contributed by atoms with Gasteiger partial charge in [0.2, 0.25) is 0 Å². The zero-order valence-electron chi connectivity index (χ0n) is 10.3. The van der Waals surface area contributed by atoms with Gasteiger partial charge >= 0.3 is 0 Å². The van der Waals surface area contributed by atoms with E-state index in [1.165, 1.54) is 0 Å². The number of carboxylic acid groups (broad SMARTS) is 1. The number of ether oxygens (including phenoxy) is 1. The van der Waals surface area contributed by atoms with Crippen molar-refractivity contribution >= 4 is 5.97 Å². The van der Waals surface area contributed by atoms with Crippen LogP contribution in [0.2, 0.25) is 0 Å². The van der Waals surface area contributed by atoms with Crippen molar-refractivity contribution < 1.29 is 14.6 Å². The van der Waals surface area contributed by atoms with Gasteiger partial charge < -0.3 is 14.6 Å². The van der Waals surface area contributed by atoms with E-state index in [0.29, 0.717) is 0 Å². The third-order valence-electron chi connectivity index (χ3n) is 2.84. The van der Waals surface area contributed by atoms with E-state index in [9.17, 15) is 9.90 Å². The minimum Gasteiger partial charge on any atom is -0.545 e. The van der Waals surface area contributed by atoms with Crippen LogP contribution in [0.4, 0.5) is 0 Å². The molecule has 0 amide bonds. The third-order valence-corrected chi connectivity index (χ3v) is 2.84. The molecule has 0 aliphatic rings. The highest BCUT2D eigenvalue weighted by Gasteiger charge is 2.04. The number of aromatic carboxylic acids is 1. The maximum Gasteiger partial charge on any atom is 0.119 e. The number of rotatable bonds is 3. The third kappa shape index (κ3) is 2.35. The summed E-state index contributed by atoms with van der Waals surface area (Å²) in [5.74, 6) is -0.383. The minimum atomic E-state index is -1.16. The quantitative estimate of drug-likeness (QED) is 0.826. The van der Waals surface area contributed by atoms with E-state index in [2.05, 4.69) is 0 Å². The monoisotopic (exact) mass is 241 g/mol. The molecule has 0 saturated heterocycles. The van der Waals surface area contributed by atoms with Crippen LogP contribution in [0.1, 0.15) is 15.9 Å². The van der Waals surface area contributed by atoms with Gasteiger partial charge in [-0.1, -0.05) is 24.3 Å². The van der Waals surface area contributed by atoms with Gasteiger partial charge in [0, 0.05) is 0 Å². The van der Waals surface area contributed by atoms with E-state index < -0.39 is 5.97 Å². The fraction of sp³-hybridized carbons (Fsp3) is 0.133. The van der Waals surface area contributed by atoms with Gasteiger partial charge in [0.15, 0.2) is 0 Å². The molecule has 2 rings (SSSR count). The van der Waals surface area contributed by atoms with Crippen molar-refractivity contribution in [1.82, 2.24) is 0 Å². The molecule has 0 atom stereocenters. The summed E-state index contributed by atoms with van der Waals surface area (Å²) in [6.45, 7) is 1.88.